The standard InChI is InChI=1S/C6H9NO4/c1-3-4(5(8)10-2)11-6(7)9/h3H,1-2H3,(H2,7,9). The summed E-state index contributed by atoms with van der Waals surface area (Å²) in [5.74, 6) is -0.939. The van der Waals surface area contributed by atoms with Gasteiger partial charge >= 0.3 is 12.1 Å². The molecule has 0 spiro atoms. The molecule has 0 aliphatic carbocycles. The molecule has 0 fully saturated rings. The van der Waals surface area contributed by atoms with Crippen LogP contribution in [-0.2, 0) is 14.3 Å². The Hall–Kier alpha value is -1.52. The lowest BCUT2D eigenvalue weighted by Gasteiger charge is -2.01. The van der Waals surface area contributed by atoms with Gasteiger partial charge in [0.15, 0.2) is 0 Å². The van der Waals surface area contributed by atoms with E-state index in [4.69, 9.17) is 0 Å². The fraction of sp³-hybridized carbons (Fsp3) is 0.333. The molecule has 0 aliphatic heterocycles. The number of carbonyl (C=O) groups is 2. The predicted molar refractivity (Wildman–Crippen MR) is 36.4 cm³/mol. The molecule has 11 heavy (non-hydrogen) atoms. The number of amides is 1. The van der Waals surface area contributed by atoms with Crippen molar-refractivity contribution in [1.82, 2.24) is 0 Å². The van der Waals surface area contributed by atoms with E-state index in [1.807, 2.05) is 0 Å². The summed E-state index contributed by atoms with van der Waals surface area (Å²) in [4.78, 5) is 20.8. The molecule has 0 radical (unpaired) electrons. The van der Waals surface area contributed by atoms with E-state index in [0.717, 1.165) is 0 Å². The zero-order valence-electron chi connectivity index (χ0n) is 6.29. The molecule has 5 heteroatoms. The van der Waals surface area contributed by atoms with Crippen LogP contribution in [0.25, 0.3) is 0 Å². The molecule has 0 saturated heterocycles. The van der Waals surface area contributed by atoms with Gasteiger partial charge in [0.1, 0.15) is 0 Å². The monoisotopic (exact) mass is 159 g/mol. The number of ether oxygens (including phenoxy) is 2. The van der Waals surface area contributed by atoms with Crippen LogP contribution in [0.3, 0.4) is 0 Å². The van der Waals surface area contributed by atoms with E-state index < -0.39 is 12.1 Å². The smallest absolute Gasteiger partial charge is 0.410 e. The van der Waals surface area contributed by atoms with E-state index in [1.54, 1.807) is 0 Å². The van der Waals surface area contributed by atoms with Gasteiger partial charge in [-0.1, -0.05) is 0 Å². The van der Waals surface area contributed by atoms with Crippen LogP contribution in [0.5, 0.6) is 0 Å². The summed E-state index contributed by atoms with van der Waals surface area (Å²) >= 11 is 0. The summed E-state index contributed by atoms with van der Waals surface area (Å²) in [6.07, 6.45) is 0.250. The Kier molecular flexibility index (Phi) is 3.72. The molecule has 0 heterocycles. The predicted octanol–water partition coefficient (Wildman–Crippen LogP) is 0.158. The number of hydrogen-bond acceptors (Lipinski definition) is 4. The Labute approximate surface area is 63.8 Å². The van der Waals surface area contributed by atoms with Crippen molar-refractivity contribution >= 4 is 12.1 Å². The maximum atomic E-state index is 10.7. The molecule has 2 N–H and O–H groups in total. The summed E-state index contributed by atoms with van der Waals surface area (Å²) in [5, 5.41) is 0. The Morgan fingerprint density at radius 1 is 1.45 bits per heavy atom. The van der Waals surface area contributed by atoms with Gasteiger partial charge in [0.25, 0.3) is 0 Å². The lowest BCUT2D eigenvalue weighted by atomic mass is 10.5. The number of rotatable bonds is 2. The first-order valence-corrected chi connectivity index (χ1v) is 2.83. The van der Waals surface area contributed by atoms with E-state index in [9.17, 15) is 9.59 Å². The SMILES string of the molecule is CC=C(OC(N)=O)C(=O)OC. The maximum absolute atomic E-state index is 10.7. The zero-order chi connectivity index (χ0) is 8.85. The molecule has 0 saturated carbocycles. The van der Waals surface area contributed by atoms with Gasteiger partial charge < -0.3 is 15.2 Å². The molecule has 0 aromatic carbocycles. The number of hydrogen-bond donors (Lipinski definition) is 1. The fourth-order valence-corrected chi connectivity index (χ4v) is 0.427. The Bertz CT molecular complexity index is 197. The van der Waals surface area contributed by atoms with Crippen molar-refractivity contribution in [1.29, 1.82) is 0 Å². The number of allylic oxidation sites excluding steroid dienone is 1. The molecular formula is C6H9NO4. The molecule has 0 aromatic rings. The van der Waals surface area contributed by atoms with Crippen LogP contribution in [0.15, 0.2) is 11.8 Å². The highest BCUT2D eigenvalue weighted by Gasteiger charge is 2.11. The molecule has 0 bridgehead atoms. The number of nitrogens with two attached hydrogens (primary N) is 1. The molecule has 0 rings (SSSR count). The van der Waals surface area contributed by atoms with E-state index >= 15 is 0 Å². The maximum Gasteiger partial charge on any atom is 0.410 e. The fourth-order valence-electron chi connectivity index (χ4n) is 0.427. The van der Waals surface area contributed by atoms with Crippen molar-refractivity contribution in [3.63, 3.8) is 0 Å². The summed E-state index contributed by atoms with van der Waals surface area (Å²) in [5.41, 5.74) is 4.65. The van der Waals surface area contributed by atoms with Gasteiger partial charge in [-0.25, -0.2) is 9.59 Å². The van der Waals surface area contributed by atoms with Crippen LogP contribution in [0.1, 0.15) is 6.92 Å². The van der Waals surface area contributed by atoms with Gasteiger partial charge in [-0.15, -0.1) is 0 Å². The second-order valence-corrected chi connectivity index (χ2v) is 1.57. The molecular weight excluding hydrogens is 150 g/mol. The summed E-state index contributed by atoms with van der Waals surface area (Å²) in [7, 11) is 1.18. The molecule has 0 aliphatic rings. The highest BCUT2D eigenvalue weighted by molar-refractivity contribution is 5.88. The van der Waals surface area contributed by atoms with Crippen LogP contribution >= 0.6 is 0 Å². The van der Waals surface area contributed by atoms with Gasteiger partial charge in [-0.3, -0.25) is 0 Å². The minimum Gasteiger partial charge on any atom is -0.463 e. The Morgan fingerprint density at radius 3 is 2.27 bits per heavy atom. The zero-order valence-corrected chi connectivity index (χ0v) is 6.29. The van der Waals surface area contributed by atoms with Crippen molar-refractivity contribution in [3.8, 4) is 0 Å². The van der Waals surface area contributed by atoms with Crippen LogP contribution < -0.4 is 5.73 Å². The topological polar surface area (TPSA) is 78.6 Å². The molecule has 1 amide bonds. The van der Waals surface area contributed by atoms with Gasteiger partial charge in [0.2, 0.25) is 5.76 Å². The highest BCUT2D eigenvalue weighted by atomic mass is 16.6. The summed E-state index contributed by atoms with van der Waals surface area (Å²) in [6.45, 7) is 1.52. The van der Waals surface area contributed by atoms with E-state index in [-0.39, 0.29) is 5.76 Å². The van der Waals surface area contributed by atoms with E-state index in [2.05, 4.69) is 15.2 Å². The molecule has 0 atom stereocenters. The van der Waals surface area contributed by atoms with Gasteiger partial charge in [0.05, 0.1) is 7.11 Å². The van der Waals surface area contributed by atoms with Crippen molar-refractivity contribution < 1.29 is 19.1 Å². The second kappa shape index (κ2) is 4.32. The summed E-state index contributed by atoms with van der Waals surface area (Å²) in [6, 6.07) is 0. The third-order valence-corrected chi connectivity index (χ3v) is 0.859. The minimum atomic E-state index is -1.04. The lowest BCUT2D eigenvalue weighted by Crippen LogP contribution is -2.17. The normalized spacial score (nSPS) is 10.5. The van der Waals surface area contributed by atoms with E-state index in [1.165, 1.54) is 20.1 Å². The average Bonchev–Trinajstić information content (AvgIpc) is 1.98. The van der Waals surface area contributed by atoms with Gasteiger partial charge in [-0.05, 0) is 13.0 Å². The first-order valence-electron chi connectivity index (χ1n) is 2.83. The van der Waals surface area contributed by atoms with Crippen LogP contribution in [-0.4, -0.2) is 19.2 Å². The number of carbonyl (C=O) groups excluding carboxylic acids is 2. The number of methoxy groups -OCH3 is 1. The van der Waals surface area contributed by atoms with Crippen LogP contribution in [0.2, 0.25) is 0 Å². The number of esters is 1. The van der Waals surface area contributed by atoms with Crippen molar-refractivity contribution in [3.05, 3.63) is 11.8 Å². The quantitative estimate of drug-likeness (QED) is 0.353. The molecule has 0 aromatic heterocycles. The largest absolute Gasteiger partial charge is 0.463 e. The molecule has 62 valence electrons. The molecule has 5 nitrogen and oxygen atoms in total. The van der Waals surface area contributed by atoms with Crippen molar-refractivity contribution in [2.75, 3.05) is 7.11 Å². The average molecular weight is 159 g/mol. The van der Waals surface area contributed by atoms with Gasteiger partial charge in [0, 0.05) is 0 Å². The first kappa shape index (κ1) is 9.48. The Morgan fingerprint density at radius 2 is 2.00 bits per heavy atom. The lowest BCUT2D eigenvalue weighted by molar-refractivity contribution is -0.139. The van der Waals surface area contributed by atoms with Gasteiger partial charge in [-0.2, -0.15) is 0 Å². The van der Waals surface area contributed by atoms with Crippen molar-refractivity contribution in [2.24, 2.45) is 5.73 Å². The van der Waals surface area contributed by atoms with Crippen LogP contribution in [0.4, 0.5) is 4.79 Å². The number of primary amides is 1. The second-order valence-electron chi connectivity index (χ2n) is 1.57. The minimum absolute atomic E-state index is 0.208. The van der Waals surface area contributed by atoms with Crippen molar-refractivity contribution in [2.45, 2.75) is 6.92 Å². The third kappa shape index (κ3) is 3.24. The van der Waals surface area contributed by atoms with E-state index in [0.29, 0.717) is 0 Å². The first-order chi connectivity index (χ1) is 5.11. The highest BCUT2D eigenvalue weighted by Crippen LogP contribution is 1.98. The summed E-state index contributed by atoms with van der Waals surface area (Å²) < 4.78 is 8.54. The Balaban J connectivity index is 4.20. The molecule has 0 unspecified atom stereocenters. The van der Waals surface area contributed by atoms with Crippen LogP contribution in [0, 0.1) is 0 Å². The third-order valence-electron chi connectivity index (χ3n) is 0.859.